The first kappa shape index (κ1) is 12.9. The maximum Gasteiger partial charge on any atom is 0.257 e. The molecule has 0 bridgehead atoms. The van der Waals surface area contributed by atoms with Crippen LogP contribution in [0.3, 0.4) is 0 Å². The normalized spacial score (nSPS) is 9.84. The Morgan fingerprint density at radius 1 is 1.21 bits per heavy atom. The first-order valence-corrected chi connectivity index (χ1v) is 6.05. The number of hydrogen-bond donors (Lipinski definition) is 1. The van der Waals surface area contributed by atoms with Crippen molar-refractivity contribution in [3.63, 3.8) is 0 Å². The minimum atomic E-state index is -0.219. The second-order valence-corrected chi connectivity index (χ2v) is 4.02. The summed E-state index contributed by atoms with van der Waals surface area (Å²) in [5.41, 5.74) is 0. The van der Waals surface area contributed by atoms with Crippen LogP contribution < -0.4 is 10.1 Å². The molecule has 96 valence electrons. The number of nitrogens with zero attached hydrogens (tertiary/aromatic N) is 1. The number of nitriles is 1. The molecule has 2 aromatic rings. The van der Waals surface area contributed by atoms with Crippen LogP contribution in [-0.2, 0) is 4.79 Å². The van der Waals surface area contributed by atoms with E-state index in [1.807, 2.05) is 48.5 Å². The number of amides is 1. The lowest BCUT2D eigenvalue weighted by atomic mass is 10.1. The van der Waals surface area contributed by atoms with Crippen molar-refractivity contribution in [2.75, 3.05) is 13.2 Å². The molecule has 0 aliphatic heterocycles. The minimum Gasteiger partial charge on any atom is -0.483 e. The van der Waals surface area contributed by atoms with Gasteiger partial charge in [0.15, 0.2) is 6.61 Å². The Hall–Kier alpha value is -2.54. The number of nitrogens with one attached hydrogen (secondary N) is 1. The van der Waals surface area contributed by atoms with Gasteiger partial charge in [0.1, 0.15) is 5.75 Å². The topological polar surface area (TPSA) is 62.1 Å². The quantitative estimate of drug-likeness (QED) is 0.832. The van der Waals surface area contributed by atoms with Crippen LogP contribution in [0.15, 0.2) is 42.5 Å². The van der Waals surface area contributed by atoms with E-state index in [0.717, 1.165) is 10.8 Å². The van der Waals surface area contributed by atoms with Crippen LogP contribution in [-0.4, -0.2) is 19.1 Å². The fourth-order valence-electron chi connectivity index (χ4n) is 1.77. The van der Waals surface area contributed by atoms with Gasteiger partial charge in [0.2, 0.25) is 0 Å². The molecule has 0 fully saturated rings. The molecule has 2 aromatic carbocycles. The summed E-state index contributed by atoms with van der Waals surface area (Å²) in [7, 11) is 0. The Morgan fingerprint density at radius 2 is 2.00 bits per heavy atom. The fourth-order valence-corrected chi connectivity index (χ4v) is 1.77. The van der Waals surface area contributed by atoms with Crippen molar-refractivity contribution in [3.05, 3.63) is 42.5 Å². The van der Waals surface area contributed by atoms with Crippen molar-refractivity contribution in [1.29, 1.82) is 5.26 Å². The zero-order valence-electron chi connectivity index (χ0n) is 10.4. The molecule has 0 atom stereocenters. The number of hydrogen-bond acceptors (Lipinski definition) is 3. The Morgan fingerprint density at radius 3 is 2.84 bits per heavy atom. The lowest BCUT2D eigenvalue weighted by molar-refractivity contribution is -0.123. The molecule has 4 heteroatoms. The van der Waals surface area contributed by atoms with Gasteiger partial charge in [0.05, 0.1) is 12.5 Å². The van der Waals surface area contributed by atoms with Gasteiger partial charge < -0.3 is 10.1 Å². The molecule has 0 aromatic heterocycles. The maximum atomic E-state index is 11.5. The van der Waals surface area contributed by atoms with Gasteiger partial charge in [-0.25, -0.2) is 0 Å². The van der Waals surface area contributed by atoms with Crippen LogP contribution in [0.4, 0.5) is 0 Å². The van der Waals surface area contributed by atoms with Gasteiger partial charge in [-0.3, -0.25) is 4.79 Å². The smallest absolute Gasteiger partial charge is 0.257 e. The lowest BCUT2D eigenvalue weighted by Crippen LogP contribution is -2.29. The SMILES string of the molecule is N#CCCNC(=O)COc1cccc2ccccc12. The second-order valence-electron chi connectivity index (χ2n) is 4.02. The van der Waals surface area contributed by atoms with Gasteiger partial charge in [0.25, 0.3) is 5.91 Å². The third-order valence-corrected chi connectivity index (χ3v) is 2.67. The monoisotopic (exact) mass is 254 g/mol. The highest BCUT2D eigenvalue weighted by Gasteiger charge is 2.04. The van der Waals surface area contributed by atoms with Gasteiger partial charge in [0, 0.05) is 11.9 Å². The molecule has 19 heavy (non-hydrogen) atoms. The Labute approximate surface area is 111 Å². The summed E-state index contributed by atoms with van der Waals surface area (Å²) in [5.74, 6) is 0.469. The van der Waals surface area contributed by atoms with E-state index in [1.165, 1.54) is 0 Å². The molecule has 2 rings (SSSR count). The van der Waals surface area contributed by atoms with E-state index in [1.54, 1.807) is 0 Å². The third kappa shape index (κ3) is 3.46. The number of carbonyl (C=O) groups excluding carboxylic acids is 1. The summed E-state index contributed by atoms with van der Waals surface area (Å²) in [6.07, 6.45) is 0.306. The van der Waals surface area contributed by atoms with E-state index in [2.05, 4.69) is 5.32 Å². The van der Waals surface area contributed by atoms with Crippen LogP contribution in [0.25, 0.3) is 10.8 Å². The molecular formula is C15H14N2O2. The molecule has 0 saturated heterocycles. The molecule has 0 aliphatic rings. The second kappa shape index (κ2) is 6.41. The highest BCUT2D eigenvalue weighted by molar-refractivity contribution is 5.88. The zero-order valence-corrected chi connectivity index (χ0v) is 10.4. The molecule has 0 aliphatic carbocycles. The van der Waals surface area contributed by atoms with E-state index in [0.29, 0.717) is 18.7 Å². The van der Waals surface area contributed by atoms with Crippen molar-refractivity contribution in [2.24, 2.45) is 0 Å². The molecule has 4 nitrogen and oxygen atoms in total. The van der Waals surface area contributed by atoms with Crippen LogP contribution in [0.1, 0.15) is 6.42 Å². The lowest BCUT2D eigenvalue weighted by Gasteiger charge is -2.09. The summed E-state index contributed by atoms with van der Waals surface area (Å²) in [5, 5.41) is 13.0. The Bertz CT molecular complexity index is 612. The molecule has 1 N–H and O–H groups in total. The number of ether oxygens (including phenoxy) is 1. The van der Waals surface area contributed by atoms with Gasteiger partial charge in [-0.2, -0.15) is 5.26 Å². The Balaban J connectivity index is 1.98. The predicted octanol–water partition coefficient (Wildman–Crippen LogP) is 2.25. The molecule has 1 amide bonds. The van der Waals surface area contributed by atoms with Gasteiger partial charge in [-0.15, -0.1) is 0 Å². The van der Waals surface area contributed by atoms with Gasteiger partial charge in [-0.1, -0.05) is 36.4 Å². The average Bonchev–Trinajstić information content (AvgIpc) is 2.45. The summed E-state index contributed by atoms with van der Waals surface area (Å²) in [6.45, 7) is 0.313. The largest absolute Gasteiger partial charge is 0.483 e. The van der Waals surface area contributed by atoms with Crippen molar-refractivity contribution in [2.45, 2.75) is 6.42 Å². The number of carbonyl (C=O) groups is 1. The first-order valence-electron chi connectivity index (χ1n) is 6.05. The van der Waals surface area contributed by atoms with Crippen molar-refractivity contribution < 1.29 is 9.53 Å². The molecule has 0 spiro atoms. The van der Waals surface area contributed by atoms with Gasteiger partial charge in [-0.05, 0) is 11.5 Å². The van der Waals surface area contributed by atoms with Crippen LogP contribution >= 0.6 is 0 Å². The zero-order chi connectivity index (χ0) is 13.5. The average molecular weight is 254 g/mol. The van der Waals surface area contributed by atoms with E-state index >= 15 is 0 Å². The van der Waals surface area contributed by atoms with E-state index in [9.17, 15) is 4.79 Å². The first-order chi connectivity index (χ1) is 9.31. The van der Waals surface area contributed by atoms with Crippen molar-refractivity contribution >= 4 is 16.7 Å². The van der Waals surface area contributed by atoms with Crippen molar-refractivity contribution in [3.8, 4) is 11.8 Å². The predicted molar refractivity (Wildman–Crippen MR) is 72.7 cm³/mol. The Kier molecular flexibility index (Phi) is 4.35. The summed E-state index contributed by atoms with van der Waals surface area (Å²) in [4.78, 5) is 11.5. The standard InChI is InChI=1S/C15H14N2O2/c16-9-4-10-17-15(18)11-19-14-8-3-6-12-5-1-2-7-13(12)14/h1-3,5-8H,4,10-11H2,(H,17,18). The van der Waals surface area contributed by atoms with Crippen LogP contribution in [0.5, 0.6) is 5.75 Å². The highest BCUT2D eigenvalue weighted by atomic mass is 16.5. The van der Waals surface area contributed by atoms with E-state index in [4.69, 9.17) is 10.00 Å². The molecular weight excluding hydrogens is 240 g/mol. The fraction of sp³-hybridized carbons (Fsp3) is 0.200. The number of rotatable bonds is 5. The third-order valence-electron chi connectivity index (χ3n) is 2.67. The molecule has 0 unspecified atom stereocenters. The van der Waals surface area contributed by atoms with Gasteiger partial charge >= 0.3 is 0 Å². The van der Waals surface area contributed by atoms with E-state index < -0.39 is 0 Å². The van der Waals surface area contributed by atoms with Crippen LogP contribution in [0, 0.1) is 11.3 Å². The molecule has 0 radical (unpaired) electrons. The number of benzene rings is 2. The van der Waals surface area contributed by atoms with Crippen LogP contribution in [0.2, 0.25) is 0 Å². The highest BCUT2D eigenvalue weighted by Crippen LogP contribution is 2.24. The maximum absolute atomic E-state index is 11.5. The molecule has 0 saturated carbocycles. The van der Waals surface area contributed by atoms with E-state index in [-0.39, 0.29) is 12.5 Å². The minimum absolute atomic E-state index is 0.0422. The van der Waals surface area contributed by atoms with Crippen molar-refractivity contribution in [1.82, 2.24) is 5.32 Å². The summed E-state index contributed by atoms with van der Waals surface area (Å²) in [6, 6.07) is 15.5. The summed E-state index contributed by atoms with van der Waals surface area (Å²) >= 11 is 0. The number of fused-ring (bicyclic) bond motifs is 1. The summed E-state index contributed by atoms with van der Waals surface area (Å²) < 4.78 is 5.52. The molecule has 0 heterocycles.